The van der Waals surface area contributed by atoms with Gasteiger partial charge in [0.1, 0.15) is 0 Å². The van der Waals surface area contributed by atoms with Gasteiger partial charge < -0.3 is 4.90 Å². The van der Waals surface area contributed by atoms with Crippen molar-refractivity contribution in [1.82, 2.24) is 4.90 Å². The van der Waals surface area contributed by atoms with E-state index in [9.17, 15) is 4.79 Å². The minimum absolute atomic E-state index is 0.170. The van der Waals surface area contributed by atoms with Crippen LogP contribution in [0.5, 0.6) is 0 Å². The highest BCUT2D eigenvalue weighted by atomic mass is 16.2. The SMILES string of the molecule is CCCCN(CCC)C(=O)c1cccc(C)c1. The zero-order chi connectivity index (χ0) is 12.7. The lowest BCUT2D eigenvalue weighted by Crippen LogP contribution is -2.32. The van der Waals surface area contributed by atoms with Crippen molar-refractivity contribution in [2.24, 2.45) is 0 Å². The van der Waals surface area contributed by atoms with Crippen LogP contribution in [-0.4, -0.2) is 23.9 Å². The molecule has 0 saturated heterocycles. The van der Waals surface area contributed by atoms with Gasteiger partial charge in [0.2, 0.25) is 0 Å². The lowest BCUT2D eigenvalue weighted by atomic mass is 10.1. The van der Waals surface area contributed by atoms with E-state index in [-0.39, 0.29) is 5.91 Å². The number of carbonyl (C=O) groups excluding carboxylic acids is 1. The van der Waals surface area contributed by atoms with Crippen molar-refractivity contribution in [2.75, 3.05) is 13.1 Å². The quantitative estimate of drug-likeness (QED) is 0.734. The fraction of sp³-hybridized carbons (Fsp3) is 0.533. The Labute approximate surface area is 105 Å². The van der Waals surface area contributed by atoms with Crippen LogP contribution in [-0.2, 0) is 0 Å². The summed E-state index contributed by atoms with van der Waals surface area (Å²) in [6.07, 6.45) is 3.22. The van der Waals surface area contributed by atoms with Crippen LogP contribution in [0.4, 0.5) is 0 Å². The monoisotopic (exact) mass is 233 g/mol. The van der Waals surface area contributed by atoms with Gasteiger partial charge in [-0.25, -0.2) is 0 Å². The third-order valence-electron chi connectivity index (χ3n) is 2.83. The maximum atomic E-state index is 12.3. The molecule has 0 spiro atoms. The van der Waals surface area contributed by atoms with E-state index in [0.717, 1.165) is 43.5 Å². The molecule has 0 N–H and O–H groups in total. The molecule has 0 saturated carbocycles. The molecule has 1 amide bonds. The van der Waals surface area contributed by atoms with Crippen LogP contribution in [0.3, 0.4) is 0 Å². The number of aryl methyl sites for hydroxylation is 1. The smallest absolute Gasteiger partial charge is 0.253 e. The fourth-order valence-electron chi connectivity index (χ4n) is 1.89. The Kier molecular flexibility index (Phi) is 5.75. The van der Waals surface area contributed by atoms with Crippen molar-refractivity contribution in [3.05, 3.63) is 35.4 Å². The molecule has 2 nitrogen and oxygen atoms in total. The molecular formula is C15H23NO. The van der Waals surface area contributed by atoms with Crippen molar-refractivity contribution in [3.63, 3.8) is 0 Å². The van der Waals surface area contributed by atoms with Gasteiger partial charge in [-0.1, -0.05) is 38.0 Å². The molecule has 0 aliphatic rings. The van der Waals surface area contributed by atoms with Crippen LogP contribution >= 0.6 is 0 Å². The summed E-state index contributed by atoms with van der Waals surface area (Å²) in [6.45, 7) is 8.01. The summed E-state index contributed by atoms with van der Waals surface area (Å²) in [4.78, 5) is 14.3. The van der Waals surface area contributed by atoms with Crippen molar-refractivity contribution in [1.29, 1.82) is 0 Å². The van der Waals surface area contributed by atoms with Crippen LogP contribution in [0.15, 0.2) is 24.3 Å². The molecule has 0 bridgehead atoms. The maximum Gasteiger partial charge on any atom is 0.253 e. The molecule has 0 radical (unpaired) electrons. The molecule has 1 aromatic rings. The Morgan fingerprint density at radius 3 is 2.53 bits per heavy atom. The van der Waals surface area contributed by atoms with Crippen molar-refractivity contribution >= 4 is 5.91 Å². The van der Waals surface area contributed by atoms with Crippen molar-refractivity contribution in [3.8, 4) is 0 Å². The van der Waals surface area contributed by atoms with Gasteiger partial charge in [-0.15, -0.1) is 0 Å². The average Bonchev–Trinajstić information content (AvgIpc) is 2.33. The summed E-state index contributed by atoms with van der Waals surface area (Å²) in [5, 5.41) is 0. The van der Waals surface area contributed by atoms with E-state index in [4.69, 9.17) is 0 Å². The van der Waals surface area contributed by atoms with Gasteiger partial charge in [-0.2, -0.15) is 0 Å². The summed E-state index contributed by atoms with van der Waals surface area (Å²) in [5.74, 6) is 0.170. The molecule has 94 valence electrons. The second-order valence-electron chi connectivity index (χ2n) is 4.52. The van der Waals surface area contributed by atoms with Crippen LogP contribution < -0.4 is 0 Å². The lowest BCUT2D eigenvalue weighted by Gasteiger charge is -2.22. The number of benzene rings is 1. The Balaban J connectivity index is 2.76. The second kappa shape index (κ2) is 7.10. The highest BCUT2D eigenvalue weighted by molar-refractivity contribution is 5.94. The Bertz CT molecular complexity index is 360. The number of rotatable bonds is 6. The predicted octanol–water partition coefficient (Wildman–Crippen LogP) is 3.65. The van der Waals surface area contributed by atoms with E-state index < -0.39 is 0 Å². The number of carbonyl (C=O) groups is 1. The molecule has 0 aliphatic heterocycles. The van der Waals surface area contributed by atoms with Crippen molar-refractivity contribution in [2.45, 2.75) is 40.0 Å². The third kappa shape index (κ3) is 4.22. The number of nitrogens with zero attached hydrogens (tertiary/aromatic N) is 1. The van der Waals surface area contributed by atoms with E-state index in [1.165, 1.54) is 0 Å². The highest BCUT2D eigenvalue weighted by Crippen LogP contribution is 2.09. The zero-order valence-electron chi connectivity index (χ0n) is 11.2. The number of hydrogen-bond donors (Lipinski definition) is 0. The first kappa shape index (κ1) is 13.8. The molecule has 1 aromatic carbocycles. The molecule has 0 atom stereocenters. The van der Waals surface area contributed by atoms with Gasteiger partial charge in [-0.3, -0.25) is 4.79 Å². The first-order valence-electron chi connectivity index (χ1n) is 6.55. The molecule has 1 rings (SSSR count). The molecule has 0 aliphatic carbocycles. The summed E-state index contributed by atoms with van der Waals surface area (Å²) in [7, 11) is 0. The number of unbranched alkanes of at least 4 members (excludes halogenated alkanes) is 1. The zero-order valence-corrected chi connectivity index (χ0v) is 11.2. The molecule has 0 heterocycles. The van der Waals surface area contributed by atoms with Gasteiger partial charge in [-0.05, 0) is 31.9 Å². The molecule has 17 heavy (non-hydrogen) atoms. The minimum Gasteiger partial charge on any atom is -0.339 e. The van der Waals surface area contributed by atoms with Gasteiger partial charge >= 0.3 is 0 Å². The predicted molar refractivity (Wildman–Crippen MR) is 72.3 cm³/mol. The van der Waals surface area contributed by atoms with Crippen LogP contribution in [0.2, 0.25) is 0 Å². The van der Waals surface area contributed by atoms with Gasteiger partial charge in [0, 0.05) is 18.7 Å². The molecule has 0 fully saturated rings. The summed E-state index contributed by atoms with van der Waals surface area (Å²) in [5.41, 5.74) is 1.96. The molecule has 0 unspecified atom stereocenters. The van der Waals surface area contributed by atoms with Crippen molar-refractivity contribution < 1.29 is 4.79 Å². The highest BCUT2D eigenvalue weighted by Gasteiger charge is 2.14. The van der Waals surface area contributed by atoms with E-state index in [2.05, 4.69) is 13.8 Å². The number of hydrogen-bond acceptors (Lipinski definition) is 1. The summed E-state index contributed by atoms with van der Waals surface area (Å²) < 4.78 is 0. The van der Waals surface area contributed by atoms with Crippen LogP contribution in [0.1, 0.15) is 49.0 Å². The lowest BCUT2D eigenvalue weighted by molar-refractivity contribution is 0.0753. The molecule has 2 heteroatoms. The van der Waals surface area contributed by atoms with Gasteiger partial charge in [0.05, 0.1) is 0 Å². The molecular weight excluding hydrogens is 210 g/mol. The first-order valence-corrected chi connectivity index (χ1v) is 6.55. The van der Waals surface area contributed by atoms with Gasteiger partial charge in [0.15, 0.2) is 0 Å². The van der Waals surface area contributed by atoms with E-state index in [1.54, 1.807) is 0 Å². The summed E-state index contributed by atoms with van der Waals surface area (Å²) >= 11 is 0. The van der Waals surface area contributed by atoms with Crippen LogP contribution in [0, 0.1) is 6.92 Å². The standard InChI is InChI=1S/C15H23NO/c1-4-6-11-16(10-5-2)15(17)14-9-7-8-13(3)12-14/h7-9,12H,4-6,10-11H2,1-3H3. The molecule has 0 aromatic heterocycles. The van der Waals surface area contributed by atoms with Gasteiger partial charge in [0.25, 0.3) is 5.91 Å². The Morgan fingerprint density at radius 1 is 1.18 bits per heavy atom. The Morgan fingerprint density at radius 2 is 1.94 bits per heavy atom. The average molecular weight is 233 g/mol. The second-order valence-corrected chi connectivity index (χ2v) is 4.52. The Hall–Kier alpha value is -1.31. The van der Waals surface area contributed by atoms with E-state index in [1.807, 2.05) is 36.1 Å². The summed E-state index contributed by atoms with van der Waals surface area (Å²) in [6, 6.07) is 7.85. The topological polar surface area (TPSA) is 20.3 Å². The number of amides is 1. The first-order chi connectivity index (χ1) is 8.19. The normalized spacial score (nSPS) is 10.3. The largest absolute Gasteiger partial charge is 0.339 e. The third-order valence-corrected chi connectivity index (χ3v) is 2.83. The minimum atomic E-state index is 0.170. The van der Waals surface area contributed by atoms with E-state index in [0.29, 0.717) is 0 Å². The fourth-order valence-corrected chi connectivity index (χ4v) is 1.89. The maximum absolute atomic E-state index is 12.3. The van der Waals surface area contributed by atoms with Crippen LogP contribution in [0.25, 0.3) is 0 Å². The van der Waals surface area contributed by atoms with E-state index >= 15 is 0 Å².